The zero-order chi connectivity index (χ0) is 40.5. The molecule has 0 fully saturated rings. The van der Waals surface area contributed by atoms with Gasteiger partial charge in [0.15, 0.2) is 0 Å². The lowest BCUT2D eigenvalue weighted by Gasteiger charge is -2.27. The van der Waals surface area contributed by atoms with Crippen molar-refractivity contribution < 1.29 is 57.5 Å². The number of nitrogens with zero attached hydrogens (tertiary/aromatic N) is 8. The van der Waals surface area contributed by atoms with E-state index < -0.39 is 70.9 Å². The molecule has 0 aromatic heterocycles. The van der Waals surface area contributed by atoms with Crippen molar-refractivity contribution in [2.45, 2.75) is 0 Å². The van der Waals surface area contributed by atoms with Crippen LogP contribution in [0.25, 0.3) is 0 Å². The van der Waals surface area contributed by atoms with Crippen molar-refractivity contribution in [3.63, 3.8) is 0 Å². The van der Waals surface area contributed by atoms with E-state index in [1.54, 1.807) is 9.80 Å². The van der Waals surface area contributed by atoms with Crippen molar-refractivity contribution in [3.05, 3.63) is 72.9 Å². The third kappa shape index (κ3) is 9.84. The quantitative estimate of drug-likeness (QED) is 0.121. The Bertz CT molecular complexity index is 1500. The van der Waals surface area contributed by atoms with Gasteiger partial charge in [0, 0.05) is 151 Å². The molecule has 0 saturated heterocycles. The number of rotatable bonds is 18. The van der Waals surface area contributed by atoms with E-state index in [9.17, 15) is 57.5 Å². The molecule has 0 bridgehead atoms. The molecule has 6 aliphatic heterocycles. The summed E-state index contributed by atoms with van der Waals surface area (Å²) >= 11 is 0. The summed E-state index contributed by atoms with van der Waals surface area (Å²) in [4.78, 5) is 150. The molecule has 56 heavy (non-hydrogen) atoms. The van der Waals surface area contributed by atoms with E-state index in [0.717, 1.165) is 29.4 Å². The lowest BCUT2D eigenvalue weighted by Crippen LogP contribution is -2.45. The van der Waals surface area contributed by atoms with Gasteiger partial charge < -0.3 is 0 Å². The molecule has 20 heteroatoms. The smallest absolute Gasteiger partial charge is 0.253 e. The van der Waals surface area contributed by atoms with Gasteiger partial charge in [0.1, 0.15) is 0 Å². The molecule has 292 valence electrons. The topological polar surface area (TPSA) is 231 Å². The second-order valence-electron chi connectivity index (χ2n) is 12.7. The first-order valence-electron chi connectivity index (χ1n) is 17.4. The van der Waals surface area contributed by atoms with E-state index >= 15 is 0 Å². The van der Waals surface area contributed by atoms with Crippen molar-refractivity contribution >= 4 is 70.9 Å². The van der Waals surface area contributed by atoms with Crippen molar-refractivity contribution in [2.24, 2.45) is 0 Å². The molecule has 0 saturated carbocycles. The largest absolute Gasteiger partial charge is 0.298 e. The van der Waals surface area contributed by atoms with Gasteiger partial charge >= 0.3 is 0 Å². The molecule has 0 spiro atoms. The summed E-state index contributed by atoms with van der Waals surface area (Å²) < 4.78 is 0. The van der Waals surface area contributed by atoms with Gasteiger partial charge in [-0.3, -0.25) is 96.7 Å². The monoisotopic (exact) mass is 772 g/mol. The molecular weight excluding hydrogens is 736 g/mol. The molecule has 0 unspecified atom stereocenters. The fourth-order valence-electron chi connectivity index (χ4n) is 6.03. The van der Waals surface area contributed by atoms with Gasteiger partial charge in [-0.05, 0) is 0 Å². The molecule has 6 heterocycles. The van der Waals surface area contributed by atoms with E-state index in [0.29, 0.717) is 0 Å². The zero-order valence-corrected chi connectivity index (χ0v) is 29.9. The van der Waals surface area contributed by atoms with Crippen LogP contribution in [0.5, 0.6) is 0 Å². The van der Waals surface area contributed by atoms with Gasteiger partial charge in [-0.25, -0.2) is 0 Å². The Morgan fingerprint density at radius 3 is 0.446 bits per heavy atom. The van der Waals surface area contributed by atoms with Gasteiger partial charge in [-0.2, -0.15) is 0 Å². The van der Waals surface area contributed by atoms with E-state index in [4.69, 9.17) is 0 Å². The lowest BCUT2D eigenvalue weighted by atomic mass is 10.3. The van der Waals surface area contributed by atoms with Crippen LogP contribution in [0.1, 0.15) is 0 Å². The molecule has 12 amide bonds. The van der Waals surface area contributed by atoms with Crippen LogP contribution in [0.15, 0.2) is 72.9 Å². The van der Waals surface area contributed by atoms with Crippen molar-refractivity contribution in [1.82, 2.24) is 39.2 Å². The van der Waals surface area contributed by atoms with E-state index in [1.807, 2.05) is 0 Å². The Morgan fingerprint density at radius 1 is 0.232 bits per heavy atom. The number of carbonyl (C=O) groups excluding carboxylic acids is 12. The van der Waals surface area contributed by atoms with Gasteiger partial charge in [0.2, 0.25) is 0 Å². The highest BCUT2D eigenvalue weighted by Gasteiger charge is 2.30. The molecule has 6 aliphatic rings. The highest BCUT2D eigenvalue weighted by Crippen LogP contribution is 2.10. The van der Waals surface area contributed by atoms with Crippen molar-refractivity contribution in [3.8, 4) is 0 Å². The minimum Gasteiger partial charge on any atom is -0.298 e. The Morgan fingerprint density at radius 2 is 0.339 bits per heavy atom. The Hall–Kier alpha value is -6.80. The first kappa shape index (κ1) is 40.4. The molecule has 0 N–H and O–H groups in total. The highest BCUT2D eigenvalue weighted by atomic mass is 16.2. The second-order valence-corrected chi connectivity index (χ2v) is 12.7. The van der Waals surface area contributed by atoms with Crippen LogP contribution in [-0.2, 0) is 57.5 Å². The van der Waals surface area contributed by atoms with Gasteiger partial charge in [0.25, 0.3) is 70.9 Å². The maximum absolute atomic E-state index is 11.7. The van der Waals surface area contributed by atoms with Gasteiger partial charge in [0.05, 0.1) is 0 Å². The normalized spacial score (nSPS) is 19.0. The van der Waals surface area contributed by atoms with Gasteiger partial charge in [-0.15, -0.1) is 0 Å². The summed E-state index contributed by atoms with van der Waals surface area (Å²) in [6.45, 7) is 2.32. The van der Waals surface area contributed by atoms with Crippen LogP contribution in [0.3, 0.4) is 0 Å². The molecular formula is C36H36N8O12. The first-order chi connectivity index (χ1) is 26.7. The van der Waals surface area contributed by atoms with Crippen LogP contribution in [0.2, 0.25) is 0 Å². The third-order valence-corrected chi connectivity index (χ3v) is 9.24. The molecule has 0 aromatic carbocycles. The number of carbonyl (C=O) groups is 12. The van der Waals surface area contributed by atoms with E-state index in [1.165, 1.54) is 72.9 Å². The number of amides is 12. The Kier molecular flexibility index (Phi) is 13.0. The maximum Gasteiger partial charge on any atom is 0.253 e. The zero-order valence-electron chi connectivity index (χ0n) is 29.9. The van der Waals surface area contributed by atoms with Crippen LogP contribution >= 0.6 is 0 Å². The average molecular weight is 773 g/mol. The molecule has 20 nitrogen and oxygen atoms in total. The van der Waals surface area contributed by atoms with Crippen molar-refractivity contribution in [1.29, 1.82) is 0 Å². The molecule has 0 radical (unpaired) electrons. The Labute approximate surface area is 318 Å². The summed E-state index contributed by atoms with van der Waals surface area (Å²) in [5.41, 5.74) is 0. The predicted molar refractivity (Wildman–Crippen MR) is 188 cm³/mol. The highest BCUT2D eigenvalue weighted by molar-refractivity contribution is 6.15. The summed E-state index contributed by atoms with van der Waals surface area (Å²) in [6, 6.07) is 0. The van der Waals surface area contributed by atoms with Crippen LogP contribution in [0, 0.1) is 0 Å². The number of hydrogen-bond donors (Lipinski definition) is 0. The first-order valence-corrected chi connectivity index (χ1v) is 17.4. The fraction of sp³-hybridized carbons (Fsp3) is 0.333. The van der Waals surface area contributed by atoms with Crippen molar-refractivity contribution in [2.75, 3.05) is 78.5 Å². The van der Waals surface area contributed by atoms with Crippen LogP contribution < -0.4 is 0 Å². The standard InChI is InChI=1S/2C18H18N4O6/c2*23-13-1-2-14(24)20(13)10-7-19(8-11-21-15(25)3-4-16(21)26)9-12-22-17(27)5-6-18(22)28/h2*1-6H,7-12H2. The lowest BCUT2D eigenvalue weighted by molar-refractivity contribution is -0.139. The SMILES string of the molecule is O=C1C=CC(=O)N1CCN(CCN1C(=O)C=CC1=O)CCN1C(=O)C=CC1=O.O=C1C=CC(=O)N1CCN(CCN1C(=O)C=CC1=O)CCN1C(=O)C=CC1=O. The number of imide groups is 6. The average Bonchev–Trinajstić information content (AvgIpc) is 4.00. The molecule has 0 aliphatic carbocycles. The van der Waals surface area contributed by atoms with Gasteiger partial charge in [-0.1, -0.05) is 0 Å². The van der Waals surface area contributed by atoms with Crippen LogP contribution in [0.4, 0.5) is 0 Å². The number of hydrogen-bond acceptors (Lipinski definition) is 14. The summed E-state index contributed by atoms with van der Waals surface area (Å²) in [6.07, 6.45) is 14.3. The molecule has 0 atom stereocenters. The Balaban J connectivity index is 0.000000214. The summed E-state index contributed by atoms with van der Waals surface area (Å²) in [5.74, 6) is -4.91. The predicted octanol–water partition coefficient (Wildman–Crippen LogP) is -3.87. The second kappa shape index (κ2) is 18.0. The fourth-order valence-corrected chi connectivity index (χ4v) is 6.03. The third-order valence-electron chi connectivity index (χ3n) is 9.24. The summed E-state index contributed by atoms with van der Waals surface area (Å²) in [5, 5.41) is 0. The minimum absolute atomic E-state index is 0.116. The minimum atomic E-state index is -0.409. The van der Waals surface area contributed by atoms with Crippen LogP contribution in [-0.4, -0.2) is 189 Å². The summed E-state index contributed by atoms with van der Waals surface area (Å²) in [7, 11) is 0. The molecule has 6 rings (SSSR count). The molecule has 0 aromatic rings. The van der Waals surface area contributed by atoms with E-state index in [2.05, 4.69) is 0 Å². The van der Waals surface area contributed by atoms with E-state index in [-0.39, 0.29) is 78.5 Å². The maximum atomic E-state index is 11.7.